The quantitative estimate of drug-likeness (QED) is 0.667. The highest BCUT2D eigenvalue weighted by Crippen LogP contribution is 2.38. The molecule has 0 atom stereocenters. The monoisotopic (exact) mass is 189 g/mol. The average molecular weight is 189 g/mol. The summed E-state index contributed by atoms with van der Waals surface area (Å²) in [7, 11) is 2.15. The van der Waals surface area contributed by atoms with Gasteiger partial charge in [-0.2, -0.15) is 0 Å². The topological polar surface area (TPSA) is 29.0 Å². The lowest BCUT2D eigenvalue weighted by Gasteiger charge is -2.23. The van der Waals surface area contributed by atoms with E-state index < -0.39 is 0 Å². The Morgan fingerprint density at radius 1 is 1.43 bits per heavy atom. The van der Waals surface area contributed by atoms with Gasteiger partial charge in [0.15, 0.2) is 0 Å². The maximum atomic E-state index is 4.67. The van der Waals surface area contributed by atoms with Gasteiger partial charge in [0.2, 0.25) is 0 Å². The van der Waals surface area contributed by atoms with Crippen LogP contribution in [0.2, 0.25) is 0 Å². The van der Waals surface area contributed by atoms with Gasteiger partial charge in [-0.1, -0.05) is 0 Å². The van der Waals surface area contributed by atoms with Gasteiger partial charge in [0.25, 0.3) is 0 Å². The fourth-order valence-corrected chi connectivity index (χ4v) is 1.99. The molecule has 1 fully saturated rings. The van der Waals surface area contributed by atoms with E-state index in [0.717, 1.165) is 25.3 Å². The molecule has 0 N–H and O–H groups in total. The summed E-state index contributed by atoms with van der Waals surface area (Å²) in [5.74, 6) is 1.76. The van der Waals surface area contributed by atoms with Crippen LogP contribution in [-0.2, 0) is 13.0 Å². The van der Waals surface area contributed by atoms with E-state index >= 15 is 0 Å². The van der Waals surface area contributed by atoms with E-state index in [-0.39, 0.29) is 0 Å². The molecule has 2 aliphatic rings. The standard InChI is InChI=1S/C11H15N3/c1-14-5-4-9-6-12-11(8-2-3-8)13-10(9)7-14/h6,8H,2-5,7H2,1H3. The maximum absolute atomic E-state index is 4.67. The molecule has 0 saturated heterocycles. The molecule has 1 saturated carbocycles. The largest absolute Gasteiger partial charge is 0.300 e. The minimum atomic E-state index is 0.674. The second-order valence-corrected chi connectivity index (χ2v) is 4.46. The van der Waals surface area contributed by atoms with E-state index in [0.29, 0.717) is 5.92 Å². The summed E-state index contributed by atoms with van der Waals surface area (Å²) in [6.07, 6.45) is 5.73. The highest BCUT2D eigenvalue weighted by Gasteiger charge is 2.27. The van der Waals surface area contributed by atoms with Gasteiger partial charge in [0.05, 0.1) is 5.69 Å². The molecule has 3 nitrogen and oxygen atoms in total. The number of aromatic nitrogens is 2. The van der Waals surface area contributed by atoms with Crippen molar-refractivity contribution in [2.45, 2.75) is 31.7 Å². The Hall–Kier alpha value is -0.960. The molecule has 1 aliphatic carbocycles. The lowest BCUT2D eigenvalue weighted by Crippen LogP contribution is -2.27. The van der Waals surface area contributed by atoms with Crippen molar-refractivity contribution in [3.8, 4) is 0 Å². The Morgan fingerprint density at radius 2 is 2.29 bits per heavy atom. The number of hydrogen-bond donors (Lipinski definition) is 0. The Kier molecular flexibility index (Phi) is 1.80. The Balaban J connectivity index is 1.95. The molecule has 3 heteroatoms. The van der Waals surface area contributed by atoms with Crippen LogP contribution >= 0.6 is 0 Å². The van der Waals surface area contributed by atoms with Crippen molar-refractivity contribution < 1.29 is 0 Å². The Morgan fingerprint density at radius 3 is 3.07 bits per heavy atom. The molecule has 1 aromatic heterocycles. The maximum Gasteiger partial charge on any atom is 0.131 e. The fraction of sp³-hybridized carbons (Fsp3) is 0.636. The molecule has 1 aromatic rings. The number of rotatable bonds is 1. The number of hydrogen-bond acceptors (Lipinski definition) is 3. The smallest absolute Gasteiger partial charge is 0.131 e. The average Bonchev–Trinajstić information content (AvgIpc) is 3.00. The van der Waals surface area contributed by atoms with Gasteiger partial charge in [-0.3, -0.25) is 0 Å². The van der Waals surface area contributed by atoms with E-state index in [1.807, 2.05) is 6.20 Å². The predicted molar refractivity (Wildman–Crippen MR) is 54.0 cm³/mol. The summed E-state index contributed by atoms with van der Waals surface area (Å²) in [4.78, 5) is 11.4. The van der Waals surface area contributed by atoms with E-state index in [4.69, 9.17) is 0 Å². The molecule has 0 aromatic carbocycles. The van der Waals surface area contributed by atoms with Crippen LogP contribution in [0.5, 0.6) is 0 Å². The van der Waals surface area contributed by atoms with Crippen molar-refractivity contribution in [1.29, 1.82) is 0 Å². The number of likely N-dealkylation sites (N-methyl/N-ethyl adjacent to an activating group) is 1. The normalized spacial score (nSPS) is 22.1. The van der Waals surface area contributed by atoms with Gasteiger partial charge in [0.1, 0.15) is 5.82 Å². The molecule has 0 bridgehead atoms. The third kappa shape index (κ3) is 1.42. The van der Waals surface area contributed by atoms with Crippen LogP contribution in [0.4, 0.5) is 0 Å². The minimum Gasteiger partial charge on any atom is -0.300 e. The van der Waals surface area contributed by atoms with Crippen LogP contribution in [0.25, 0.3) is 0 Å². The van der Waals surface area contributed by atoms with Crippen molar-refractivity contribution in [2.24, 2.45) is 0 Å². The van der Waals surface area contributed by atoms with Crippen LogP contribution in [0.1, 0.15) is 35.8 Å². The molecule has 14 heavy (non-hydrogen) atoms. The van der Waals surface area contributed by atoms with E-state index in [9.17, 15) is 0 Å². The molecular formula is C11H15N3. The van der Waals surface area contributed by atoms with Crippen LogP contribution in [0.3, 0.4) is 0 Å². The third-order valence-electron chi connectivity index (χ3n) is 3.10. The molecule has 3 rings (SSSR count). The van der Waals surface area contributed by atoms with Gasteiger partial charge in [0, 0.05) is 25.2 Å². The van der Waals surface area contributed by atoms with Gasteiger partial charge < -0.3 is 4.90 Å². The molecule has 0 spiro atoms. The first-order valence-corrected chi connectivity index (χ1v) is 5.36. The highest BCUT2D eigenvalue weighted by atomic mass is 15.1. The summed E-state index contributed by atoms with van der Waals surface area (Å²) in [5.41, 5.74) is 2.61. The molecule has 0 amide bonds. The Bertz CT molecular complexity index is 358. The minimum absolute atomic E-state index is 0.674. The van der Waals surface area contributed by atoms with Crippen molar-refractivity contribution >= 4 is 0 Å². The summed E-state index contributed by atoms with van der Waals surface area (Å²) in [6, 6.07) is 0. The zero-order valence-electron chi connectivity index (χ0n) is 8.53. The lowest BCUT2D eigenvalue weighted by atomic mass is 10.1. The van der Waals surface area contributed by atoms with Crippen molar-refractivity contribution in [2.75, 3.05) is 13.6 Å². The van der Waals surface area contributed by atoms with Crippen molar-refractivity contribution in [3.63, 3.8) is 0 Å². The zero-order valence-corrected chi connectivity index (χ0v) is 8.53. The molecular weight excluding hydrogens is 174 g/mol. The predicted octanol–water partition coefficient (Wildman–Crippen LogP) is 1.34. The highest BCUT2D eigenvalue weighted by molar-refractivity contribution is 5.22. The van der Waals surface area contributed by atoms with E-state index in [2.05, 4.69) is 21.9 Å². The second kappa shape index (κ2) is 3.02. The molecule has 0 radical (unpaired) electrons. The van der Waals surface area contributed by atoms with Crippen molar-refractivity contribution in [3.05, 3.63) is 23.3 Å². The molecule has 74 valence electrons. The van der Waals surface area contributed by atoms with Crippen LogP contribution in [-0.4, -0.2) is 28.5 Å². The number of nitrogens with zero attached hydrogens (tertiary/aromatic N) is 3. The van der Waals surface area contributed by atoms with Crippen LogP contribution in [0, 0.1) is 0 Å². The van der Waals surface area contributed by atoms with E-state index in [1.54, 1.807) is 0 Å². The number of fused-ring (bicyclic) bond motifs is 1. The zero-order chi connectivity index (χ0) is 9.54. The Labute approximate surface area is 84.2 Å². The summed E-state index contributed by atoms with van der Waals surface area (Å²) < 4.78 is 0. The summed E-state index contributed by atoms with van der Waals surface area (Å²) >= 11 is 0. The molecule has 2 heterocycles. The van der Waals surface area contributed by atoms with Crippen molar-refractivity contribution in [1.82, 2.24) is 14.9 Å². The van der Waals surface area contributed by atoms with Gasteiger partial charge in [-0.25, -0.2) is 9.97 Å². The summed E-state index contributed by atoms with van der Waals surface area (Å²) in [5, 5.41) is 0. The van der Waals surface area contributed by atoms with Crippen LogP contribution < -0.4 is 0 Å². The fourth-order valence-electron chi connectivity index (χ4n) is 1.99. The second-order valence-electron chi connectivity index (χ2n) is 4.46. The molecule has 0 unspecified atom stereocenters. The van der Waals surface area contributed by atoms with Gasteiger partial charge >= 0.3 is 0 Å². The molecule has 1 aliphatic heterocycles. The first kappa shape index (κ1) is 8.36. The summed E-state index contributed by atoms with van der Waals surface area (Å²) in [6.45, 7) is 2.14. The third-order valence-corrected chi connectivity index (χ3v) is 3.10. The first-order valence-electron chi connectivity index (χ1n) is 5.36. The van der Waals surface area contributed by atoms with E-state index in [1.165, 1.54) is 24.1 Å². The SMILES string of the molecule is CN1CCc2cnc(C3CC3)nc2C1. The van der Waals surface area contributed by atoms with Crippen LogP contribution in [0.15, 0.2) is 6.20 Å². The van der Waals surface area contributed by atoms with Gasteiger partial charge in [-0.05, 0) is 31.9 Å². The lowest BCUT2D eigenvalue weighted by molar-refractivity contribution is 0.306. The van der Waals surface area contributed by atoms with Gasteiger partial charge in [-0.15, -0.1) is 0 Å². The first-order chi connectivity index (χ1) is 6.83.